The molecule has 0 saturated carbocycles. The molecule has 1 fully saturated rings. The molecular weight excluding hydrogens is 132 g/mol. The minimum absolute atomic E-state index is 0.542. The van der Waals surface area contributed by atoms with Gasteiger partial charge in [0.15, 0.2) is 0 Å². The van der Waals surface area contributed by atoms with E-state index in [1.54, 1.807) is 0 Å². The molecule has 0 aliphatic carbocycles. The fraction of sp³-hybridized carbons (Fsp3) is 1.00. The molecule has 2 unspecified atom stereocenters. The van der Waals surface area contributed by atoms with E-state index in [9.17, 15) is 0 Å². The standard InChI is InChI=1S/C7H14OS/c1-6(9-2)7-4-3-5-8-7/h6-7H,3-5H2,1-2H3. The van der Waals surface area contributed by atoms with E-state index in [2.05, 4.69) is 13.2 Å². The summed E-state index contributed by atoms with van der Waals surface area (Å²) in [6, 6.07) is 0. The maximum atomic E-state index is 5.48. The highest BCUT2D eigenvalue weighted by Gasteiger charge is 2.20. The van der Waals surface area contributed by atoms with Gasteiger partial charge in [-0.15, -0.1) is 0 Å². The molecule has 9 heavy (non-hydrogen) atoms. The van der Waals surface area contributed by atoms with E-state index in [-0.39, 0.29) is 0 Å². The molecule has 0 radical (unpaired) electrons. The first kappa shape index (κ1) is 7.42. The predicted molar refractivity (Wildman–Crippen MR) is 42.0 cm³/mol. The molecule has 0 aromatic heterocycles. The Kier molecular flexibility index (Phi) is 2.86. The monoisotopic (exact) mass is 146 g/mol. The van der Waals surface area contributed by atoms with Crippen LogP contribution in [0.3, 0.4) is 0 Å². The third-order valence-corrected chi connectivity index (χ3v) is 2.91. The lowest BCUT2D eigenvalue weighted by Gasteiger charge is -2.14. The summed E-state index contributed by atoms with van der Waals surface area (Å²) >= 11 is 1.90. The van der Waals surface area contributed by atoms with Gasteiger partial charge in [0.05, 0.1) is 6.10 Å². The summed E-state index contributed by atoms with van der Waals surface area (Å²) in [5, 5.41) is 0.687. The maximum Gasteiger partial charge on any atom is 0.0691 e. The second-order valence-corrected chi connectivity index (χ2v) is 3.71. The zero-order valence-corrected chi connectivity index (χ0v) is 6.91. The van der Waals surface area contributed by atoms with E-state index in [1.807, 2.05) is 11.8 Å². The molecule has 1 heterocycles. The van der Waals surface area contributed by atoms with Gasteiger partial charge in [-0.25, -0.2) is 0 Å². The predicted octanol–water partition coefficient (Wildman–Crippen LogP) is 1.92. The molecule has 1 saturated heterocycles. The van der Waals surface area contributed by atoms with Crippen LogP contribution in [-0.2, 0) is 4.74 Å². The van der Waals surface area contributed by atoms with Crippen molar-refractivity contribution in [1.29, 1.82) is 0 Å². The minimum atomic E-state index is 0.542. The highest BCUT2D eigenvalue weighted by molar-refractivity contribution is 7.99. The molecule has 0 amide bonds. The highest BCUT2D eigenvalue weighted by atomic mass is 32.2. The largest absolute Gasteiger partial charge is 0.377 e. The van der Waals surface area contributed by atoms with Crippen molar-refractivity contribution in [2.24, 2.45) is 0 Å². The zero-order chi connectivity index (χ0) is 6.69. The van der Waals surface area contributed by atoms with Gasteiger partial charge < -0.3 is 4.74 Å². The molecule has 0 aromatic carbocycles. The summed E-state index contributed by atoms with van der Waals surface area (Å²) in [7, 11) is 0. The molecule has 2 atom stereocenters. The molecule has 0 spiro atoms. The molecule has 1 aliphatic heterocycles. The van der Waals surface area contributed by atoms with E-state index in [0.717, 1.165) is 6.61 Å². The van der Waals surface area contributed by atoms with Crippen LogP contribution in [0.4, 0.5) is 0 Å². The Balaban J connectivity index is 2.24. The maximum absolute atomic E-state index is 5.48. The van der Waals surface area contributed by atoms with Crippen LogP contribution in [-0.4, -0.2) is 24.2 Å². The van der Waals surface area contributed by atoms with Crippen LogP contribution < -0.4 is 0 Å². The Labute approximate surface area is 61.2 Å². The third-order valence-electron chi connectivity index (χ3n) is 1.86. The van der Waals surface area contributed by atoms with Crippen molar-refractivity contribution < 1.29 is 4.74 Å². The molecule has 1 rings (SSSR count). The summed E-state index contributed by atoms with van der Waals surface area (Å²) in [6.07, 6.45) is 5.21. The van der Waals surface area contributed by atoms with E-state index in [1.165, 1.54) is 12.8 Å². The van der Waals surface area contributed by atoms with Crippen LogP contribution in [0.25, 0.3) is 0 Å². The average molecular weight is 146 g/mol. The van der Waals surface area contributed by atoms with Crippen LogP contribution in [0.5, 0.6) is 0 Å². The Bertz CT molecular complexity index is 79.0. The average Bonchev–Trinajstić information content (AvgIpc) is 2.37. The Morgan fingerprint density at radius 3 is 2.89 bits per heavy atom. The van der Waals surface area contributed by atoms with Crippen molar-refractivity contribution >= 4 is 11.8 Å². The van der Waals surface area contributed by atoms with Crippen molar-refractivity contribution in [3.05, 3.63) is 0 Å². The lowest BCUT2D eigenvalue weighted by atomic mass is 10.2. The number of hydrogen-bond acceptors (Lipinski definition) is 2. The Morgan fingerprint density at radius 1 is 1.67 bits per heavy atom. The second kappa shape index (κ2) is 3.47. The zero-order valence-electron chi connectivity index (χ0n) is 6.09. The summed E-state index contributed by atoms with van der Waals surface area (Å²) < 4.78 is 5.48. The molecule has 54 valence electrons. The summed E-state index contributed by atoms with van der Waals surface area (Å²) in [5.41, 5.74) is 0. The van der Waals surface area contributed by atoms with Gasteiger partial charge in [0.25, 0.3) is 0 Å². The molecule has 0 N–H and O–H groups in total. The number of rotatable bonds is 2. The smallest absolute Gasteiger partial charge is 0.0691 e. The van der Waals surface area contributed by atoms with Crippen molar-refractivity contribution in [3.63, 3.8) is 0 Å². The molecule has 1 nitrogen and oxygen atoms in total. The van der Waals surface area contributed by atoms with Crippen LogP contribution in [0.15, 0.2) is 0 Å². The van der Waals surface area contributed by atoms with E-state index >= 15 is 0 Å². The summed E-state index contributed by atoms with van der Waals surface area (Å²) in [6.45, 7) is 3.22. The van der Waals surface area contributed by atoms with Crippen LogP contribution in [0, 0.1) is 0 Å². The number of thioether (sulfide) groups is 1. The van der Waals surface area contributed by atoms with Gasteiger partial charge in [0.1, 0.15) is 0 Å². The van der Waals surface area contributed by atoms with Gasteiger partial charge in [-0.05, 0) is 19.1 Å². The van der Waals surface area contributed by atoms with Crippen LogP contribution in [0.2, 0.25) is 0 Å². The van der Waals surface area contributed by atoms with Crippen LogP contribution >= 0.6 is 11.8 Å². The van der Waals surface area contributed by atoms with Crippen molar-refractivity contribution in [2.75, 3.05) is 12.9 Å². The van der Waals surface area contributed by atoms with Crippen molar-refractivity contribution in [1.82, 2.24) is 0 Å². The topological polar surface area (TPSA) is 9.23 Å². The number of ether oxygens (including phenoxy) is 1. The molecular formula is C7H14OS. The number of hydrogen-bond donors (Lipinski definition) is 0. The van der Waals surface area contributed by atoms with Gasteiger partial charge >= 0.3 is 0 Å². The summed E-state index contributed by atoms with van der Waals surface area (Å²) in [4.78, 5) is 0. The van der Waals surface area contributed by atoms with E-state index in [4.69, 9.17) is 4.74 Å². The quantitative estimate of drug-likeness (QED) is 0.588. The third kappa shape index (κ3) is 1.87. The van der Waals surface area contributed by atoms with Crippen molar-refractivity contribution in [2.45, 2.75) is 31.1 Å². The molecule has 0 aromatic rings. The second-order valence-electron chi connectivity index (χ2n) is 2.49. The van der Waals surface area contributed by atoms with Gasteiger partial charge in [-0.2, -0.15) is 11.8 Å². The van der Waals surface area contributed by atoms with Gasteiger partial charge in [0, 0.05) is 11.9 Å². The lowest BCUT2D eigenvalue weighted by Crippen LogP contribution is -2.17. The first-order valence-electron chi connectivity index (χ1n) is 3.49. The lowest BCUT2D eigenvalue weighted by molar-refractivity contribution is 0.112. The van der Waals surface area contributed by atoms with Gasteiger partial charge in [0.2, 0.25) is 0 Å². The molecule has 2 heteroatoms. The van der Waals surface area contributed by atoms with Crippen molar-refractivity contribution in [3.8, 4) is 0 Å². The fourth-order valence-corrected chi connectivity index (χ4v) is 1.64. The SMILES string of the molecule is CSC(C)C1CCCO1. The molecule has 1 aliphatic rings. The fourth-order valence-electron chi connectivity index (χ4n) is 1.12. The Hall–Kier alpha value is 0.310. The van der Waals surface area contributed by atoms with E-state index < -0.39 is 0 Å². The van der Waals surface area contributed by atoms with Gasteiger partial charge in [-0.3, -0.25) is 0 Å². The minimum Gasteiger partial charge on any atom is -0.377 e. The molecule has 0 bridgehead atoms. The van der Waals surface area contributed by atoms with Crippen LogP contribution in [0.1, 0.15) is 19.8 Å². The van der Waals surface area contributed by atoms with E-state index in [0.29, 0.717) is 11.4 Å². The first-order chi connectivity index (χ1) is 4.34. The highest BCUT2D eigenvalue weighted by Crippen LogP contribution is 2.22. The normalized spacial score (nSPS) is 30.7. The first-order valence-corrected chi connectivity index (χ1v) is 4.78. The Morgan fingerprint density at radius 2 is 2.44 bits per heavy atom. The van der Waals surface area contributed by atoms with Gasteiger partial charge in [-0.1, -0.05) is 6.92 Å². The summed E-state index contributed by atoms with van der Waals surface area (Å²) in [5.74, 6) is 0.